The lowest BCUT2D eigenvalue weighted by Gasteiger charge is -2.13. The largest absolute Gasteiger partial charge is 0.357 e. The van der Waals surface area contributed by atoms with Crippen molar-refractivity contribution in [1.82, 2.24) is 16.0 Å². The van der Waals surface area contributed by atoms with Crippen LogP contribution in [0, 0.1) is 6.92 Å². The second kappa shape index (κ2) is 11.0. The van der Waals surface area contributed by atoms with Crippen molar-refractivity contribution in [3.63, 3.8) is 0 Å². The fraction of sp³-hybridized carbons (Fsp3) is 0.556. The molecule has 0 bridgehead atoms. The average Bonchev–Trinajstić information content (AvgIpc) is 2.52. The second-order valence-electron chi connectivity index (χ2n) is 5.91. The van der Waals surface area contributed by atoms with Crippen LogP contribution < -0.4 is 16.0 Å². The van der Waals surface area contributed by atoms with Crippen LogP contribution in [-0.2, 0) is 11.3 Å². The molecule has 0 spiro atoms. The van der Waals surface area contributed by atoms with Crippen LogP contribution in [0.15, 0.2) is 28.1 Å². The lowest BCUT2D eigenvalue weighted by atomic mass is 10.1. The zero-order valence-electron chi connectivity index (χ0n) is 15.4. The van der Waals surface area contributed by atoms with Crippen LogP contribution in [0.25, 0.3) is 0 Å². The Balaban J connectivity index is 2.61. The van der Waals surface area contributed by atoms with E-state index in [2.05, 4.69) is 52.3 Å². The van der Waals surface area contributed by atoms with Gasteiger partial charge in [-0.25, -0.2) is 4.99 Å². The van der Waals surface area contributed by atoms with Crippen LogP contribution in [0.4, 0.5) is 0 Å². The summed E-state index contributed by atoms with van der Waals surface area (Å²) in [6.45, 7) is 10.0. The molecule has 0 fully saturated rings. The van der Waals surface area contributed by atoms with Gasteiger partial charge in [0.1, 0.15) is 0 Å². The number of amides is 1. The number of carbonyl (C=O) groups excluding carboxylic acids is 1. The van der Waals surface area contributed by atoms with Gasteiger partial charge >= 0.3 is 0 Å². The van der Waals surface area contributed by atoms with Crippen molar-refractivity contribution in [3.05, 3.63) is 29.3 Å². The molecule has 0 aliphatic carbocycles. The van der Waals surface area contributed by atoms with E-state index in [9.17, 15) is 4.79 Å². The van der Waals surface area contributed by atoms with E-state index < -0.39 is 0 Å². The molecule has 0 radical (unpaired) electrons. The van der Waals surface area contributed by atoms with Gasteiger partial charge in [0.25, 0.3) is 0 Å². The average molecular weight is 351 g/mol. The first kappa shape index (κ1) is 20.4. The normalized spacial score (nSPS) is 11.5. The number of rotatable bonds is 8. The molecule has 5 nitrogen and oxygen atoms in total. The predicted octanol–water partition coefficient (Wildman–Crippen LogP) is 2.69. The van der Waals surface area contributed by atoms with Crippen LogP contribution in [0.5, 0.6) is 0 Å². The molecule has 0 saturated carbocycles. The van der Waals surface area contributed by atoms with Crippen LogP contribution in [0.2, 0.25) is 0 Å². The number of hydrogen-bond acceptors (Lipinski definition) is 3. The van der Waals surface area contributed by atoms with Gasteiger partial charge in [0.05, 0.1) is 6.54 Å². The third-order valence-corrected chi connectivity index (χ3v) is 4.11. The number of aliphatic imine (C=N–C) groups is 1. The van der Waals surface area contributed by atoms with Gasteiger partial charge in [-0.15, -0.1) is 11.8 Å². The molecular formula is C18H30N4OS. The van der Waals surface area contributed by atoms with Crippen molar-refractivity contribution in [3.8, 4) is 0 Å². The Hall–Kier alpha value is -1.69. The van der Waals surface area contributed by atoms with Gasteiger partial charge in [0, 0.05) is 30.4 Å². The van der Waals surface area contributed by atoms with Crippen LogP contribution in [-0.4, -0.2) is 37.3 Å². The molecule has 0 unspecified atom stereocenters. The molecule has 0 heterocycles. The Labute approximate surface area is 150 Å². The minimum Gasteiger partial charge on any atom is -0.357 e. The highest BCUT2D eigenvalue weighted by Gasteiger charge is 2.05. The van der Waals surface area contributed by atoms with Crippen LogP contribution in [0.1, 0.15) is 38.3 Å². The standard InChI is InChI=1S/C18H30N4OS/c1-6-19-18(20-10-9-17(23)22-13(2)3)21-12-15-8-7-14(4)11-16(15)24-5/h7-8,11,13H,6,9-10,12H2,1-5H3,(H,22,23)(H2,19,20,21). The molecule has 1 aromatic rings. The molecule has 0 aliphatic rings. The SMILES string of the molecule is CCNC(=NCc1ccc(C)cc1SC)NCCC(=O)NC(C)C. The van der Waals surface area contributed by atoms with E-state index in [-0.39, 0.29) is 11.9 Å². The first-order chi connectivity index (χ1) is 11.5. The number of hydrogen-bond donors (Lipinski definition) is 3. The molecule has 1 aromatic carbocycles. The first-order valence-corrected chi connectivity index (χ1v) is 9.63. The molecule has 0 aromatic heterocycles. The molecule has 3 N–H and O–H groups in total. The van der Waals surface area contributed by atoms with E-state index in [0.29, 0.717) is 19.5 Å². The second-order valence-corrected chi connectivity index (χ2v) is 6.76. The number of benzene rings is 1. The van der Waals surface area contributed by atoms with Crippen molar-refractivity contribution in [2.45, 2.75) is 51.6 Å². The summed E-state index contributed by atoms with van der Waals surface area (Å²) >= 11 is 1.74. The molecular weight excluding hydrogens is 320 g/mol. The number of thioether (sulfide) groups is 1. The van der Waals surface area contributed by atoms with E-state index >= 15 is 0 Å². The van der Waals surface area contributed by atoms with Crippen molar-refractivity contribution < 1.29 is 4.79 Å². The van der Waals surface area contributed by atoms with E-state index in [0.717, 1.165) is 12.5 Å². The van der Waals surface area contributed by atoms with Gasteiger partial charge in [-0.1, -0.05) is 12.1 Å². The third-order valence-electron chi connectivity index (χ3n) is 3.29. The summed E-state index contributed by atoms with van der Waals surface area (Å²) < 4.78 is 0. The molecule has 1 amide bonds. The quantitative estimate of drug-likeness (QED) is 0.383. The summed E-state index contributed by atoms with van der Waals surface area (Å²) in [6, 6.07) is 6.60. The number of aryl methyl sites for hydroxylation is 1. The van der Waals surface area contributed by atoms with Gasteiger partial charge in [-0.3, -0.25) is 4.79 Å². The smallest absolute Gasteiger partial charge is 0.221 e. The molecule has 6 heteroatoms. The van der Waals surface area contributed by atoms with Gasteiger partial charge in [0.15, 0.2) is 5.96 Å². The van der Waals surface area contributed by atoms with Gasteiger partial charge in [0.2, 0.25) is 5.91 Å². The highest BCUT2D eigenvalue weighted by Crippen LogP contribution is 2.22. The molecule has 24 heavy (non-hydrogen) atoms. The van der Waals surface area contributed by atoms with E-state index in [1.54, 1.807) is 11.8 Å². The minimum atomic E-state index is 0.0524. The van der Waals surface area contributed by atoms with E-state index in [1.165, 1.54) is 16.0 Å². The maximum Gasteiger partial charge on any atom is 0.221 e. The summed E-state index contributed by atoms with van der Waals surface area (Å²) in [5, 5.41) is 9.32. The zero-order valence-corrected chi connectivity index (χ0v) is 16.2. The van der Waals surface area contributed by atoms with E-state index in [1.807, 2.05) is 20.8 Å². The monoisotopic (exact) mass is 350 g/mol. The van der Waals surface area contributed by atoms with Crippen molar-refractivity contribution >= 4 is 23.6 Å². The van der Waals surface area contributed by atoms with Gasteiger partial charge in [-0.2, -0.15) is 0 Å². The molecule has 0 atom stereocenters. The minimum absolute atomic E-state index is 0.0524. The lowest BCUT2D eigenvalue weighted by molar-refractivity contribution is -0.121. The van der Waals surface area contributed by atoms with Crippen molar-refractivity contribution in [2.75, 3.05) is 19.3 Å². The Morgan fingerprint density at radius 3 is 2.67 bits per heavy atom. The number of carbonyl (C=O) groups is 1. The topological polar surface area (TPSA) is 65.5 Å². The highest BCUT2D eigenvalue weighted by atomic mass is 32.2. The Kier molecular flexibility index (Phi) is 9.30. The third kappa shape index (κ3) is 7.73. The van der Waals surface area contributed by atoms with Gasteiger partial charge in [-0.05, 0) is 51.1 Å². The number of nitrogens with one attached hydrogen (secondary N) is 3. The van der Waals surface area contributed by atoms with Crippen molar-refractivity contribution in [2.24, 2.45) is 4.99 Å². The van der Waals surface area contributed by atoms with Crippen LogP contribution >= 0.6 is 11.8 Å². The van der Waals surface area contributed by atoms with Gasteiger partial charge < -0.3 is 16.0 Å². The molecule has 134 valence electrons. The summed E-state index contributed by atoms with van der Waals surface area (Å²) in [7, 11) is 0. The summed E-state index contributed by atoms with van der Waals surface area (Å²) in [6.07, 6.45) is 2.52. The predicted molar refractivity (Wildman–Crippen MR) is 104 cm³/mol. The number of nitrogens with zero attached hydrogens (tertiary/aromatic N) is 1. The Morgan fingerprint density at radius 2 is 2.04 bits per heavy atom. The maximum absolute atomic E-state index is 11.7. The first-order valence-electron chi connectivity index (χ1n) is 8.41. The summed E-state index contributed by atoms with van der Waals surface area (Å²) in [5.41, 5.74) is 2.47. The Bertz CT molecular complexity index is 558. The summed E-state index contributed by atoms with van der Waals surface area (Å²) in [4.78, 5) is 17.6. The lowest BCUT2D eigenvalue weighted by Crippen LogP contribution is -2.40. The maximum atomic E-state index is 11.7. The Morgan fingerprint density at radius 1 is 1.29 bits per heavy atom. The summed E-state index contributed by atoms with van der Waals surface area (Å²) in [5.74, 6) is 0.791. The fourth-order valence-corrected chi connectivity index (χ4v) is 2.88. The highest BCUT2D eigenvalue weighted by molar-refractivity contribution is 7.98. The molecule has 1 rings (SSSR count). The molecule has 0 aliphatic heterocycles. The van der Waals surface area contributed by atoms with E-state index in [4.69, 9.17) is 0 Å². The van der Waals surface area contributed by atoms with Crippen molar-refractivity contribution in [1.29, 1.82) is 0 Å². The molecule has 0 saturated heterocycles. The number of guanidine groups is 1. The zero-order chi connectivity index (χ0) is 17.9. The van der Waals surface area contributed by atoms with Crippen LogP contribution in [0.3, 0.4) is 0 Å². The fourth-order valence-electron chi connectivity index (χ4n) is 2.18.